The largest absolute Gasteiger partial charge is 0.493 e. The van der Waals surface area contributed by atoms with Crippen LogP contribution in [-0.4, -0.2) is 66.2 Å². The van der Waals surface area contributed by atoms with Crippen molar-refractivity contribution in [1.29, 1.82) is 0 Å². The lowest BCUT2D eigenvalue weighted by Gasteiger charge is -2.27. The van der Waals surface area contributed by atoms with Crippen molar-refractivity contribution in [2.75, 3.05) is 54.2 Å². The molecule has 0 radical (unpaired) electrons. The summed E-state index contributed by atoms with van der Waals surface area (Å²) in [5.74, 6) is 2.26. The van der Waals surface area contributed by atoms with Crippen molar-refractivity contribution in [3.8, 4) is 11.5 Å². The van der Waals surface area contributed by atoms with E-state index in [2.05, 4.69) is 35.5 Å². The second-order valence-electron chi connectivity index (χ2n) is 7.87. The molecule has 0 aromatic heterocycles. The van der Waals surface area contributed by atoms with Crippen LogP contribution in [0.4, 0.5) is 0 Å². The summed E-state index contributed by atoms with van der Waals surface area (Å²) in [6.45, 7) is 8.21. The molecule has 0 bridgehead atoms. The average molecular weight is 408 g/mol. The van der Waals surface area contributed by atoms with Gasteiger partial charge in [0.15, 0.2) is 17.5 Å². The zero-order chi connectivity index (χ0) is 21.1. The molecule has 0 aliphatic carbocycles. The van der Waals surface area contributed by atoms with Gasteiger partial charge in [0, 0.05) is 38.8 Å². The highest BCUT2D eigenvalue weighted by Crippen LogP contribution is 2.32. The van der Waals surface area contributed by atoms with E-state index in [1.54, 1.807) is 21.3 Å². The van der Waals surface area contributed by atoms with Gasteiger partial charge in [-0.2, -0.15) is 0 Å². The third-order valence-corrected chi connectivity index (χ3v) is 5.17. The lowest BCUT2D eigenvalue weighted by molar-refractivity contribution is 0.0168. The Kier molecular flexibility index (Phi) is 9.54. The molecular formula is C22H37N3O4. The molecular weight excluding hydrogens is 370 g/mol. The first-order valence-corrected chi connectivity index (χ1v) is 10.4. The number of rotatable bonds is 11. The molecule has 7 heteroatoms. The van der Waals surface area contributed by atoms with Gasteiger partial charge in [0.05, 0.1) is 26.9 Å². The smallest absolute Gasteiger partial charge is 0.191 e. The number of hydrogen-bond acceptors (Lipinski definition) is 5. The van der Waals surface area contributed by atoms with Crippen LogP contribution in [0.2, 0.25) is 0 Å². The number of ether oxygens (including phenoxy) is 4. The summed E-state index contributed by atoms with van der Waals surface area (Å²) in [4.78, 5) is 4.32. The zero-order valence-electron chi connectivity index (χ0n) is 18.5. The maximum Gasteiger partial charge on any atom is 0.191 e. The van der Waals surface area contributed by atoms with Crippen molar-refractivity contribution in [2.45, 2.75) is 44.6 Å². The van der Waals surface area contributed by atoms with E-state index in [0.29, 0.717) is 6.61 Å². The maximum atomic E-state index is 5.70. The fourth-order valence-corrected chi connectivity index (χ4v) is 3.26. The van der Waals surface area contributed by atoms with E-state index >= 15 is 0 Å². The number of guanidine groups is 1. The van der Waals surface area contributed by atoms with Crippen molar-refractivity contribution in [1.82, 2.24) is 10.6 Å². The van der Waals surface area contributed by atoms with Crippen LogP contribution in [0, 0.1) is 0 Å². The Balaban J connectivity index is 1.72. The van der Waals surface area contributed by atoms with Crippen LogP contribution < -0.4 is 20.1 Å². The van der Waals surface area contributed by atoms with Gasteiger partial charge in [-0.3, -0.25) is 4.99 Å². The molecule has 2 rings (SSSR count). The molecule has 1 aliphatic heterocycles. The molecule has 1 unspecified atom stereocenters. The van der Waals surface area contributed by atoms with Crippen molar-refractivity contribution < 1.29 is 18.9 Å². The first-order valence-electron chi connectivity index (χ1n) is 10.4. The zero-order valence-corrected chi connectivity index (χ0v) is 18.5. The van der Waals surface area contributed by atoms with Crippen LogP contribution in [0.5, 0.6) is 11.5 Å². The highest BCUT2D eigenvalue weighted by atomic mass is 16.5. The maximum absolute atomic E-state index is 5.70. The Morgan fingerprint density at radius 3 is 2.66 bits per heavy atom. The Morgan fingerprint density at radius 1 is 1.21 bits per heavy atom. The van der Waals surface area contributed by atoms with Gasteiger partial charge < -0.3 is 29.6 Å². The van der Waals surface area contributed by atoms with Crippen LogP contribution in [0.3, 0.4) is 0 Å². The Bertz CT molecular complexity index is 643. The lowest BCUT2D eigenvalue weighted by atomic mass is 9.84. The lowest BCUT2D eigenvalue weighted by Crippen LogP contribution is -2.43. The standard InChI is InChI=1S/C22H37N3O4/c1-22(2,17-9-10-19(26-4)20(14-17)27-5)16-25-21(23-3)24-11-7-12-28-15-18-8-6-13-29-18/h9-10,14,18H,6-8,11-13,15-16H2,1-5H3,(H2,23,24,25). The molecule has 7 nitrogen and oxygen atoms in total. The Labute approximate surface area is 175 Å². The highest BCUT2D eigenvalue weighted by Gasteiger charge is 2.22. The van der Waals surface area contributed by atoms with E-state index in [1.807, 2.05) is 12.1 Å². The third-order valence-electron chi connectivity index (χ3n) is 5.17. The topological polar surface area (TPSA) is 73.3 Å². The first-order chi connectivity index (χ1) is 14.0. The minimum Gasteiger partial charge on any atom is -0.493 e. The van der Waals surface area contributed by atoms with E-state index < -0.39 is 0 Å². The molecule has 1 atom stereocenters. The molecule has 1 aromatic rings. The van der Waals surface area contributed by atoms with Crippen molar-refractivity contribution in [3.05, 3.63) is 23.8 Å². The SMILES string of the molecule is CN=C(NCCCOCC1CCCO1)NCC(C)(C)c1ccc(OC)c(OC)c1. The van der Waals surface area contributed by atoms with Gasteiger partial charge in [-0.1, -0.05) is 19.9 Å². The summed E-state index contributed by atoms with van der Waals surface area (Å²) in [5.41, 5.74) is 1.06. The second kappa shape index (κ2) is 11.9. The van der Waals surface area contributed by atoms with Crippen LogP contribution in [0.25, 0.3) is 0 Å². The van der Waals surface area contributed by atoms with Gasteiger partial charge >= 0.3 is 0 Å². The quantitative estimate of drug-likeness (QED) is 0.334. The predicted molar refractivity (Wildman–Crippen MR) is 116 cm³/mol. The van der Waals surface area contributed by atoms with Gasteiger partial charge in [0.2, 0.25) is 0 Å². The van der Waals surface area contributed by atoms with E-state index in [-0.39, 0.29) is 11.5 Å². The fourth-order valence-electron chi connectivity index (χ4n) is 3.26. The molecule has 1 fully saturated rings. The van der Waals surface area contributed by atoms with E-state index in [1.165, 1.54) is 5.56 Å². The summed E-state index contributed by atoms with van der Waals surface area (Å²) in [6, 6.07) is 6.05. The van der Waals surface area contributed by atoms with Gasteiger partial charge in [-0.25, -0.2) is 0 Å². The second-order valence-corrected chi connectivity index (χ2v) is 7.87. The summed E-state index contributed by atoms with van der Waals surface area (Å²) < 4.78 is 22.0. The molecule has 1 heterocycles. The third kappa shape index (κ3) is 7.40. The summed E-state index contributed by atoms with van der Waals surface area (Å²) in [5, 5.41) is 6.76. The number of nitrogens with one attached hydrogen (secondary N) is 2. The monoisotopic (exact) mass is 407 g/mol. The average Bonchev–Trinajstić information content (AvgIpc) is 3.25. The van der Waals surface area contributed by atoms with E-state index in [0.717, 1.165) is 63.0 Å². The molecule has 0 amide bonds. The number of nitrogens with zero attached hydrogens (tertiary/aromatic N) is 1. The minimum atomic E-state index is -0.110. The number of aliphatic imine (C=N–C) groups is 1. The molecule has 1 saturated heterocycles. The van der Waals surface area contributed by atoms with Crippen LogP contribution >= 0.6 is 0 Å². The number of hydrogen-bond donors (Lipinski definition) is 2. The van der Waals surface area contributed by atoms with E-state index in [4.69, 9.17) is 18.9 Å². The normalized spacial score (nSPS) is 17.3. The Morgan fingerprint density at radius 2 is 2.00 bits per heavy atom. The highest BCUT2D eigenvalue weighted by molar-refractivity contribution is 5.79. The van der Waals surface area contributed by atoms with Crippen LogP contribution in [0.1, 0.15) is 38.7 Å². The summed E-state index contributed by atoms with van der Waals surface area (Å²) in [6.07, 6.45) is 3.48. The van der Waals surface area contributed by atoms with Gasteiger partial charge in [0.25, 0.3) is 0 Å². The van der Waals surface area contributed by atoms with Gasteiger partial charge in [0.1, 0.15) is 0 Å². The molecule has 29 heavy (non-hydrogen) atoms. The van der Waals surface area contributed by atoms with Crippen molar-refractivity contribution in [3.63, 3.8) is 0 Å². The molecule has 0 saturated carbocycles. The van der Waals surface area contributed by atoms with E-state index in [9.17, 15) is 0 Å². The number of methoxy groups -OCH3 is 2. The first kappa shape index (κ1) is 23.3. The van der Waals surface area contributed by atoms with Crippen LogP contribution in [-0.2, 0) is 14.9 Å². The fraction of sp³-hybridized carbons (Fsp3) is 0.682. The van der Waals surface area contributed by atoms with Crippen molar-refractivity contribution in [2.24, 2.45) is 4.99 Å². The molecule has 164 valence electrons. The molecule has 1 aromatic carbocycles. The van der Waals surface area contributed by atoms with Gasteiger partial charge in [-0.05, 0) is 37.0 Å². The van der Waals surface area contributed by atoms with Gasteiger partial charge in [-0.15, -0.1) is 0 Å². The predicted octanol–water partition coefficient (Wildman–Crippen LogP) is 2.73. The molecule has 0 spiro atoms. The van der Waals surface area contributed by atoms with Crippen LogP contribution in [0.15, 0.2) is 23.2 Å². The molecule has 2 N–H and O–H groups in total. The number of benzene rings is 1. The Hall–Kier alpha value is -1.99. The van der Waals surface area contributed by atoms with Crippen molar-refractivity contribution >= 4 is 5.96 Å². The summed E-state index contributed by atoms with van der Waals surface area (Å²) >= 11 is 0. The molecule has 1 aliphatic rings. The minimum absolute atomic E-state index is 0.110. The summed E-state index contributed by atoms with van der Waals surface area (Å²) in [7, 11) is 5.09.